The van der Waals surface area contributed by atoms with Gasteiger partial charge in [-0.05, 0) is 36.2 Å². The van der Waals surface area contributed by atoms with Crippen LogP contribution in [0, 0.1) is 5.92 Å². The Morgan fingerprint density at radius 3 is 2.59 bits per heavy atom. The molecule has 0 fully saturated rings. The van der Waals surface area contributed by atoms with Crippen LogP contribution in [0.2, 0.25) is 0 Å². The number of rotatable bonds is 9. The lowest BCUT2D eigenvalue weighted by molar-refractivity contribution is -0.123. The number of urea groups is 1. The average molecular weight is 472 g/mol. The molecule has 0 bridgehead atoms. The third-order valence-corrected chi connectivity index (χ3v) is 4.62. The van der Waals surface area contributed by atoms with Crippen molar-refractivity contribution in [2.24, 2.45) is 5.92 Å². The van der Waals surface area contributed by atoms with Crippen LogP contribution in [0.15, 0.2) is 42.5 Å². The molecule has 1 aliphatic heterocycles. The fourth-order valence-corrected chi connectivity index (χ4v) is 2.96. The monoisotopic (exact) mass is 472 g/mol. The van der Waals surface area contributed by atoms with E-state index in [2.05, 4.69) is 10.6 Å². The van der Waals surface area contributed by atoms with Crippen molar-refractivity contribution in [1.29, 1.82) is 0 Å². The molecule has 34 heavy (non-hydrogen) atoms. The number of fused-ring (bicyclic) bond motifs is 1. The number of ether oxygens (including phenoxy) is 5. The summed E-state index contributed by atoms with van der Waals surface area (Å²) in [5, 5.41) is 4.62. The average Bonchev–Trinajstić information content (AvgIpc) is 2.84. The lowest BCUT2D eigenvalue weighted by Crippen LogP contribution is -2.46. The maximum absolute atomic E-state index is 12.3. The standard InChI is InChI=1S/C24H28N2O8/c1-15(2)12-31-19-9-8-16(10-21(19)30-3)23(28)33-14-22(27)26-24(29)25-11-17-13-32-18-6-4-5-7-20(18)34-17/h4-10,15,17H,11-14H2,1-3H3,(H2,25,26,27,29). The topological polar surface area (TPSA) is 121 Å². The quantitative estimate of drug-likeness (QED) is 0.534. The molecule has 0 radical (unpaired) electrons. The Bertz CT molecular complexity index is 1020. The zero-order chi connectivity index (χ0) is 24.5. The van der Waals surface area contributed by atoms with Crippen molar-refractivity contribution in [1.82, 2.24) is 10.6 Å². The van der Waals surface area contributed by atoms with Gasteiger partial charge in [0.1, 0.15) is 6.61 Å². The largest absolute Gasteiger partial charge is 0.493 e. The second-order valence-electron chi connectivity index (χ2n) is 7.90. The molecule has 0 aromatic heterocycles. The lowest BCUT2D eigenvalue weighted by atomic mass is 10.2. The van der Waals surface area contributed by atoms with Gasteiger partial charge in [0, 0.05) is 0 Å². The van der Waals surface area contributed by atoms with Gasteiger partial charge in [0.2, 0.25) is 0 Å². The molecule has 1 aliphatic rings. The molecule has 3 amide bonds. The van der Waals surface area contributed by atoms with Gasteiger partial charge in [0.05, 0.1) is 25.8 Å². The SMILES string of the molecule is COc1cc(C(=O)OCC(=O)NC(=O)NCC2COc3ccccc3O2)ccc1OCC(C)C. The number of para-hydroxylation sites is 2. The highest BCUT2D eigenvalue weighted by Gasteiger charge is 2.21. The van der Waals surface area contributed by atoms with Crippen molar-refractivity contribution in [3.05, 3.63) is 48.0 Å². The van der Waals surface area contributed by atoms with Crippen LogP contribution >= 0.6 is 0 Å². The maximum Gasteiger partial charge on any atom is 0.338 e. The van der Waals surface area contributed by atoms with Crippen molar-refractivity contribution in [2.45, 2.75) is 20.0 Å². The van der Waals surface area contributed by atoms with Crippen LogP contribution in [0.1, 0.15) is 24.2 Å². The van der Waals surface area contributed by atoms with E-state index in [4.69, 9.17) is 23.7 Å². The van der Waals surface area contributed by atoms with E-state index in [1.54, 1.807) is 18.2 Å². The minimum atomic E-state index is -0.777. The van der Waals surface area contributed by atoms with E-state index >= 15 is 0 Å². The molecule has 0 saturated carbocycles. The van der Waals surface area contributed by atoms with E-state index in [0.717, 1.165) is 0 Å². The summed E-state index contributed by atoms with van der Waals surface area (Å²) in [7, 11) is 1.46. The highest BCUT2D eigenvalue weighted by atomic mass is 16.6. The van der Waals surface area contributed by atoms with Gasteiger partial charge in [0.25, 0.3) is 5.91 Å². The molecular formula is C24H28N2O8. The van der Waals surface area contributed by atoms with E-state index in [1.807, 2.05) is 26.0 Å². The Hall–Kier alpha value is -3.95. The Morgan fingerprint density at radius 1 is 1.09 bits per heavy atom. The zero-order valence-electron chi connectivity index (χ0n) is 19.3. The number of carbonyl (C=O) groups excluding carboxylic acids is 3. The first-order valence-corrected chi connectivity index (χ1v) is 10.8. The first-order valence-electron chi connectivity index (χ1n) is 10.8. The minimum Gasteiger partial charge on any atom is -0.493 e. The second kappa shape index (κ2) is 11.8. The summed E-state index contributed by atoms with van der Waals surface area (Å²) in [6.07, 6.45) is -0.406. The molecule has 10 nitrogen and oxygen atoms in total. The summed E-state index contributed by atoms with van der Waals surface area (Å²) in [6, 6.07) is 11.0. The summed E-state index contributed by atoms with van der Waals surface area (Å²) in [5.74, 6) is 0.894. The summed E-state index contributed by atoms with van der Waals surface area (Å²) >= 11 is 0. The van der Waals surface area contributed by atoms with Crippen molar-refractivity contribution >= 4 is 17.9 Å². The van der Waals surface area contributed by atoms with Crippen LogP contribution in [0.4, 0.5) is 4.79 Å². The molecule has 0 spiro atoms. The summed E-state index contributed by atoms with van der Waals surface area (Å²) in [4.78, 5) is 36.2. The normalized spacial score (nSPS) is 14.2. The predicted octanol–water partition coefficient (Wildman–Crippen LogP) is 2.55. The first-order chi connectivity index (χ1) is 16.4. The van der Waals surface area contributed by atoms with Gasteiger partial charge in [-0.2, -0.15) is 0 Å². The Labute approximate surface area is 197 Å². The minimum absolute atomic E-state index is 0.123. The second-order valence-corrected chi connectivity index (χ2v) is 7.90. The molecule has 10 heteroatoms. The number of esters is 1. The molecule has 1 atom stereocenters. The van der Waals surface area contributed by atoms with Gasteiger partial charge < -0.3 is 29.0 Å². The highest BCUT2D eigenvalue weighted by molar-refractivity contribution is 5.97. The Balaban J connectivity index is 1.41. The number of benzene rings is 2. The van der Waals surface area contributed by atoms with Crippen molar-refractivity contribution < 1.29 is 38.1 Å². The number of amides is 3. The lowest BCUT2D eigenvalue weighted by Gasteiger charge is -2.26. The van der Waals surface area contributed by atoms with Crippen LogP contribution in [0.25, 0.3) is 0 Å². The number of nitrogens with one attached hydrogen (secondary N) is 2. The number of methoxy groups -OCH3 is 1. The molecule has 2 N–H and O–H groups in total. The molecule has 2 aromatic rings. The maximum atomic E-state index is 12.3. The van der Waals surface area contributed by atoms with Crippen LogP contribution in [-0.4, -0.2) is 57.5 Å². The van der Waals surface area contributed by atoms with Crippen molar-refractivity contribution in [3.8, 4) is 23.0 Å². The van der Waals surface area contributed by atoms with E-state index in [-0.39, 0.29) is 18.7 Å². The number of carbonyl (C=O) groups is 3. The molecule has 0 aliphatic carbocycles. The predicted molar refractivity (Wildman–Crippen MR) is 122 cm³/mol. The molecule has 182 valence electrons. The third-order valence-electron chi connectivity index (χ3n) is 4.62. The van der Waals surface area contributed by atoms with E-state index in [1.165, 1.54) is 19.2 Å². The molecule has 1 unspecified atom stereocenters. The Morgan fingerprint density at radius 2 is 1.85 bits per heavy atom. The molecular weight excluding hydrogens is 444 g/mol. The smallest absolute Gasteiger partial charge is 0.338 e. The third kappa shape index (κ3) is 7.03. The molecule has 0 saturated heterocycles. The number of hydrogen-bond acceptors (Lipinski definition) is 8. The van der Waals surface area contributed by atoms with Crippen molar-refractivity contribution in [2.75, 3.05) is 33.5 Å². The van der Waals surface area contributed by atoms with Gasteiger partial charge in [0.15, 0.2) is 35.7 Å². The molecule has 1 heterocycles. The summed E-state index contributed by atoms with van der Waals surface area (Å²) in [5.41, 5.74) is 0.181. The first kappa shape index (κ1) is 24.7. The van der Waals surface area contributed by atoms with Crippen LogP contribution < -0.4 is 29.6 Å². The van der Waals surface area contributed by atoms with Gasteiger partial charge >= 0.3 is 12.0 Å². The van der Waals surface area contributed by atoms with Gasteiger partial charge in [-0.3, -0.25) is 10.1 Å². The van der Waals surface area contributed by atoms with E-state index in [9.17, 15) is 14.4 Å². The van der Waals surface area contributed by atoms with Crippen molar-refractivity contribution in [3.63, 3.8) is 0 Å². The fourth-order valence-electron chi connectivity index (χ4n) is 2.96. The van der Waals surface area contributed by atoms with Gasteiger partial charge in [-0.25, -0.2) is 9.59 Å². The zero-order valence-corrected chi connectivity index (χ0v) is 19.3. The van der Waals surface area contributed by atoms with E-state index in [0.29, 0.717) is 35.5 Å². The van der Waals surface area contributed by atoms with Crippen LogP contribution in [-0.2, 0) is 9.53 Å². The number of imide groups is 1. The van der Waals surface area contributed by atoms with Crippen LogP contribution in [0.5, 0.6) is 23.0 Å². The highest BCUT2D eigenvalue weighted by Crippen LogP contribution is 2.31. The van der Waals surface area contributed by atoms with Gasteiger partial charge in [-0.15, -0.1) is 0 Å². The summed E-state index contributed by atoms with van der Waals surface area (Å²) < 4.78 is 27.2. The van der Waals surface area contributed by atoms with Crippen LogP contribution in [0.3, 0.4) is 0 Å². The molecule has 3 rings (SSSR count). The van der Waals surface area contributed by atoms with E-state index < -0.39 is 30.6 Å². The number of hydrogen-bond donors (Lipinski definition) is 2. The summed E-state index contributed by atoms with van der Waals surface area (Å²) in [6.45, 7) is 4.28. The molecule has 2 aromatic carbocycles. The van der Waals surface area contributed by atoms with Gasteiger partial charge in [-0.1, -0.05) is 26.0 Å². The fraction of sp³-hybridized carbons (Fsp3) is 0.375. The Kier molecular flexibility index (Phi) is 8.55.